The van der Waals surface area contributed by atoms with Gasteiger partial charge in [0.1, 0.15) is 11.3 Å². The summed E-state index contributed by atoms with van der Waals surface area (Å²) in [6, 6.07) is 5.43. The number of phenols is 1. The number of amides is 3. The molecule has 1 aromatic rings. The minimum absolute atomic E-state index is 0.0924. The van der Waals surface area contributed by atoms with Gasteiger partial charge in [0.15, 0.2) is 0 Å². The van der Waals surface area contributed by atoms with Crippen LogP contribution in [0.15, 0.2) is 18.2 Å². The van der Waals surface area contributed by atoms with Crippen molar-refractivity contribution in [1.29, 1.82) is 0 Å². The molecule has 2 heterocycles. The standard InChI is InChI=1S/C22H27N3O3/c26-16-4-3-15-10-20-5-6-22(18(27)23-19(28)24-22)12-21(20,17(15)9-16)7-8-25(13-20)11-14-1-2-14/h3-4,9,14,26H,1-2,5-8,10-13H2,(H2,23,24,27,28)/t20-,21+,22-/m0/s1. The molecule has 0 unspecified atom stereocenters. The molecule has 0 bridgehead atoms. The second-order valence-electron chi connectivity index (χ2n) is 9.98. The topological polar surface area (TPSA) is 81.7 Å². The lowest BCUT2D eigenvalue weighted by atomic mass is 9.49. The summed E-state index contributed by atoms with van der Waals surface area (Å²) in [5.74, 6) is 0.991. The van der Waals surface area contributed by atoms with Crippen molar-refractivity contribution in [2.24, 2.45) is 11.3 Å². The van der Waals surface area contributed by atoms with E-state index in [1.54, 1.807) is 6.07 Å². The molecule has 6 rings (SSSR count). The number of piperidine rings is 1. The van der Waals surface area contributed by atoms with Crippen molar-refractivity contribution >= 4 is 11.9 Å². The molecule has 2 aliphatic heterocycles. The molecule has 5 aliphatic rings. The first-order valence-electron chi connectivity index (χ1n) is 10.6. The van der Waals surface area contributed by atoms with Gasteiger partial charge in [0.2, 0.25) is 0 Å². The van der Waals surface area contributed by atoms with Gasteiger partial charge < -0.3 is 15.3 Å². The maximum atomic E-state index is 12.8. The zero-order chi connectivity index (χ0) is 19.1. The zero-order valence-electron chi connectivity index (χ0n) is 16.1. The predicted molar refractivity (Wildman–Crippen MR) is 103 cm³/mol. The van der Waals surface area contributed by atoms with Crippen LogP contribution < -0.4 is 10.6 Å². The molecule has 0 radical (unpaired) electrons. The number of aromatic hydroxyl groups is 1. The van der Waals surface area contributed by atoms with Crippen LogP contribution in [0.3, 0.4) is 0 Å². The maximum Gasteiger partial charge on any atom is 0.322 e. The van der Waals surface area contributed by atoms with E-state index < -0.39 is 5.54 Å². The Labute approximate surface area is 164 Å². The number of nitrogens with zero attached hydrogens (tertiary/aromatic N) is 1. The summed E-state index contributed by atoms with van der Waals surface area (Å²) < 4.78 is 0. The Morgan fingerprint density at radius 2 is 2.04 bits per heavy atom. The smallest absolute Gasteiger partial charge is 0.322 e. The van der Waals surface area contributed by atoms with E-state index in [0.717, 1.165) is 38.3 Å². The molecule has 2 saturated heterocycles. The lowest BCUT2D eigenvalue weighted by molar-refractivity contribution is -0.130. The highest BCUT2D eigenvalue weighted by Crippen LogP contribution is 2.65. The van der Waals surface area contributed by atoms with Crippen molar-refractivity contribution in [2.75, 3.05) is 19.6 Å². The number of urea groups is 1. The number of fused-ring (bicyclic) bond motifs is 1. The quantitative estimate of drug-likeness (QED) is 0.685. The lowest BCUT2D eigenvalue weighted by Crippen LogP contribution is -2.65. The first-order valence-corrected chi connectivity index (χ1v) is 10.6. The van der Waals surface area contributed by atoms with E-state index in [4.69, 9.17) is 0 Å². The third-order valence-electron chi connectivity index (χ3n) is 8.40. The average molecular weight is 381 g/mol. The van der Waals surface area contributed by atoms with Crippen LogP contribution in [0.25, 0.3) is 0 Å². The summed E-state index contributed by atoms with van der Waals surface area (Å²) >= 11 is 0. The molecule has 2 saturated carbocycles. The summed E-state index contributed by atoms with van der Waals surface area (Å²) in [6.45, 7) is 3.28. The van der Waals surface area contributed by atoms with Crippen molar-refractivity contribution in [3.63, 3.8) is 0 Å². The number of likely N-dealkylation sites (tertiary alicyclic amines) is 1. The van der Waals surface area contributed by atoms with Crippen LogP contribution in [0.2, 0.25) is 0 Å². The third-order valence-corrected chi connectivity index (χ3v) is 8.40. The first kappa shape index (κ1) is 16.8. The fourth-order valence-corrected chi connectivity index (χ4v) is 6.93. The number of nitrogens with one attached hydrogen (secondary N) is 2. The Kier molecular flexibility index (Phi) is 3.18. The van der Waals surface area contributed by atoms with Gasteiger partial charge in [-0.15, -0.1) is 0 Å². The van der Waals surface area contributed by atoms with Crippen LogP contribution in [0.4, 0.5) is 4.79 Å². The Balaban J connectivity index is 1.44. The Hall–Kier alpha value is -2.08. The molecule has 3 amide bonds. The molecular formula is C22H27N3O3. The molecule has 4 fully saturated rings. The molecule has 3 N–H and O–H groups in total. The number of rotatable bonds is 2. The summed E-state index contributed by atoms with van der Waals surface area (Å²) in [7, 11) is 0. The highest BCUT2D eigenvalue weighted by Gasteiger charge is 2.67. The van der Waals surface area contributed by atoms with Gasteiger partial charge in [-0.2, -0.15) is 0 Å². The van der Waals surface area contributed by atoms with Crippen molar-refractivity contribution < 1.29 is 14.7 Å². The van der Waals surface area contributed by atoms with Crippen molar-refractivity contribution in [2.45, 2.75) is 55.9 Å². The van der Waals surface area contributed by atoms with E-state index in [1.807, 2.05) is 6.07 Å². The SMILES string of the molecule is O=C1NC(=O)[C@@]2(CC[C@@]34Cc5ccc(O)cc5[C@@]3(CCN(CC3CC3)C4)C2)N1. The van der Waals surface area contributed by atoms with Gasteiger partial charge in [0, 0.05) is 18.5 Å². The molecular weight excluding hydrogens is 354 g/mol. The molecule has 0 aromatic heterocycles. The highest BCUT2D eigenvalue weighted by molar-refractivity contribution is 6.07. The van der Waals surface area contributed by atoms with Gasteiger partial charge in [-0.3, -0.25) is 10.1 Å². The Morgan fingerprint density at radius 1 is 1.18 bits per heavy atom. The van der Waals surface area contributed by atoms with Crippen LogP contribution >= 0.6 is 0 Å². The third kappa shape index (κ3) is 2.12. The van der Waals surface area contributed by atoms with Gasteiger partial charge in [0.05, 0.1) is 0 Å². The first-order chi connectivity index (χ1) is 13.4. The lowest BCUT2D eigenvalue weighted by Gasteiger charge is -2.59. The van der Waals surface area contributed by atoms with E-state index in [-0.39, 0.29) is 22.8 Å². The van der Waals surface area contributed by atoms with E-state index in [1.165, 1.54) is 30.5 Å². The fraction of sp³-hybridized carbons (Fsp3) is 0.636. The minimum Gasteiger partial charge on any atom is -0.508 e. The van der Waals surface area contributed by atoms with E-state index in [0.29, 0.717) is 18.6 Å². The van der Waals surface area contributed by atoms with Crippen LogP contribution in [0.1, 0.15) is 49.7 Å². The molecule has 6 heteroatoms. The molecule has 6 nitrogen and oxygen atoms in total. The molecule has 28 heavy (non-hydrogen) atoms. The minimum atomic E-state index is -0.799. The average Bonchev–Trinajstić information content (AvgIpc) is 3.36. The van der Waals surface area contributed by atoms with Crippen LogP contribution in [0, 0.1) is 11.3 Å². The van der Waals surface area contributed by atoms with Crippen LogP contribution in [-0.4, -0.2) is 47.1 Å². The number of hydrogen-bond acceptors (Lipinski definition) is 4. The molecule has 1 spiro atoms. The summed E-state index contributed by atoms with van der Waals surface area (Å²) in [6.07, 6.45) is 6.98. The normalized spacial score (nSPS) is 39.3. The van der Waals surface area contributed by atoms with Crippen LogP contribution in [-0.2, 0) is 16.6 Å². The van der Waals surface area contributed by atoms with E-state index in [2.05, 4.69) is 21.6 Å². The second kappa shape index (κ2) is 5.29. The number of benzene rings is 1. The molecule has 148 valence electrons. The van der Waals surface area contributed by atoms with Crippen LogP contribution in [0.5, 0.6) is 5.75 Å². The monoisotopic (exact) mass is 381 g/mol. The Morgan fingerprint density at radius 3 is 2.79 bits per heavy atom. The molecule has 3 atom stereocenters. The van der Waals surface area contributed by atoms with Gasteiger partial charge in [-0.25, -0.2) is 4.79 Å². The Bertz CT molecular complexity index is 897. The largest absolute Gasteiger partial charge is 0.508 e. The fourth-order valence-electron chi connectivity index (χ4n) is 6.93. The van der Waals surface area contributed by atoms with Gasteiger partial charge in [0.25, 0.3) is 5.91 Å². The van der Waals surface area contributed by atoms with Gasteiger partial charge in [-0.05, 0) is 86.1 Å². The number of hydrogen-bond donors (Lipinski definition) is 3. The zero-order valence-corrected chi connectivity index (χ0v) is 16.1. The predicted octanol–water partition coefficient (Wildman–Crippen LogP) is 2.05. The van der Waals surface area contributed by atoms with Gasteiger partial charge >= 0.3 is 6.03 Å². The maximum absolute atomic E-state index is 12.8. The van der Waals surface area contributed by atoms with Gasteiger partial charge in [-0.1, -0.05) is 6.07 Å². The number of phenolic OH excluding ortho intramolecular Hbond substituents is 1. The molecule has 3 aliphatic carbocycles. The van der Waals surface area contributed by atoms with Crippen molar-refractivity contribution in [1.82, 2.24) is 15.5 Å². The summed E-state index contributed by atoms with van der Waals surface area (Å²) in [4.78, 5) is 27.4. The second-order valence-corrected chi connectivity index (χ2v) is 9.98. The molecule has 1 aromatic carbocycles. The number of carbonyl (C=O) groups excluding carboxylic acids is 2. The summed E-state index contributed by atoms with van der Waals surface area (Å²) in [5.41, 5.74) is 1.66. The number of imide groups is 1. The van der Waals surface area contributed by atoms with Crippen molar-refractivity contribution in [3.05, 3.63) is 29.3 Å². The summed E-state index contributed by atoms with van der Waals surface area (Å²) in [5, 5.41) is 15.7. The van der Waals surface area contributed by atoms with E-state index in [9.17, 15) is 14.7 Å². The number of carbonyl (C=O) groups is 2. The highest BCUT2D eigenvalue weighted by atomic mass is 16.3. The van der Waals surface area contributed by atoms with Crippen molar-refractivity contribution in [3.8, 4) is 5.75 Å². The van der Waals surface area contributed by atoms with E-state index >= 15 is 0 Å².